The lowest BCUT2D eigenvalue weighted by molar-refractivity contribution is 0.188. The fraction of sp³-hybridized carbons (Fsp3) is 0.538. The number of aromatic nitrogens is 2. The van der Waals surface area contributed by atoms with Crippen LogP contribution < -0.4 is 10.1 Å². The van der Waals surface area contributed by atoms with E-state index < -0.39 is 0 Å². The molecule has 0 aliphatic heterocycles. The van der Waals surface area contributed by atoms with Gasteiger partial charge in [-0.05, 0) is 30.7 Å². The highest BCUT2D eigenvalue weighted by Gasteiger charge is 2.13. The highest BCUT2D eigenvalue weighted by atomic mass is 32.1. The monoisotopic (exact) mass is 265 g/mol. The third-order valence-electron chi connectivity index (χ3n) is 2.63. The van der Waals surface area contributed by atoms with E-state index in [1.54, 1.807) is 11.3 Å². The molecule has 2 aromatic rings. The van der Waals surface area contributed by atoms with Crippen molar-refractivity contribution in [1.29, 1.82) is 0 Å². The Morgan fingerprint density at radius 1 is 1.33 bits per heavy atom. The van der Waals surface area contributed by atoms with Gasteiger partial charge < -0.3 is 10.1 Å². The lowest BCUT2D eigenvalue weighted by Gasteiger charge is -2.16. The maximum absolute atomic E-state index is 5.95. The number of hydrogen-bond donors (Lipinski definition) is 1. The van der Waals surface area contributed by atoms with Gasteiger partial charge in [-0.15, -0.1) is 11.3 Å². The van der Waals surface area contributed by atoms with Crippen LogP contribution in [0.3, 0.4) is 0 Å². The van der Waals surface area contributed by atoms with E-state index in [0.29, 0.717) is 17.7 Å². The fourth-order valence-corrected chi connectivity index (χ4v) is 2.69. The Kier molecular flexibility index (Phi) is 4.01. The van der Waals surface area contributed by atoms with E-state index in [1.165, 1.54) is 0 Å². The Balaban J connectivity index is 2.28. The van der Waals surface area contributed by atoms with Gasteiger partial charge in [-0.1, -0.05) is 13.8 Å². The van der Waals surface area contributed by atoms with E-state index in [0.717, 1.165) is 16.6 Å². The molecule has 98 valence electrons. The number of rotatable bonds is 5. The zero-order valence-electron chi connectivity index (χ0n) is 11.2. The molecule has 1 N–H and O–H groups in total. The maximum Gasteiger partial charge on any atom is 0.227 e. The van der Waals surface area contributed by atoms with Crippen molar-refractivity contribution in [3.8, 4) is 5.88 Å². The first-order chi connectivity index (χ1) is 8.60. The summed E-state index contributed by atoms with van der Waals surface area (Å²) in [5.74, 6) is 1.90. The standard InChI is InChI=1S/C13H19N3OS/c1-8(2)7-9(3)17-11-10-5-6-18-12(10)16-13(14-4)15-11/h5-6,8-9H,7H2,1-4H3,(H,14,15,16). The smallest absolute Gasteiger partial charge is 0.227 e. The van der Waals surface area contributed by atoms with Crippen LogP contribution in [-0.4, -0.2) is 23.1 Å². The van der Waals surface area contributed by atoms with Gasteiger partial charge in [-0.3, -0.25) is 0 Å². The summed E-state index contributed by atoms with van der Waals surface area (Å²) >= 11 is 1.60. The molecule has 0 amide bonds. The van der Waals surface area contributed by atoms with Crippen LogP contribution in [-0.2, 0) is 0 Å². The quantitative estimate of drug-likeness (QED) is 0.898. The molecule has 2 heterocycles. The lowest BCUT2D eigenvalue weighted by Crippen LogP contribution is -2.15. The summed E-state index contributed by atoms with van der Waals surface area (Å²) in [6, 6.07) is 2.01. The highest BCUT2D eigenvalue weighted by Crippen LogP contribution is 2.29. The molecule has 0 radical (unpaired) electrons. The number of ether oxygens (including phenoxy) is 1. The van der Waals surface area contributed by atoms with Gasteiger partial charge in [0.25, 0.3) is 0 Å². The Morgan fingerprint density at radius 3 is 2.78 bits per heavy atom. The van der Waals surface area contributed by atoms with Crippen molar-refractivity contribution in [2.45, 2.75) is 33.3 Å². The van der Waals surface area contributed by atoms with Crippen LogP contribution in [0.25, 0.3) is 10.2 Å². The number of anilines is 1. The average molecular weight is 265 g/mol. The molecule has 0 saturated carbocycles. The highest BCUT2D eigenvalue weighted by molar-refractivity contribution is 7.16. The predicted molar refractivity (Wildman–Crippen MR) is 76.5 cm³/mol. The number of fused-ring (bicyclic) bond motifs is 1. The van der Waals surface area contributed by atoms with Crippen LogP contribution in [0.4, 0.5) is 5.95 Å². The van der Waals surface area contributed by atoms with Gasteiger partial charge >= 0.3 is 0 Å². The van der Waals surface area contributed by atoms with Gasteiger partial charge in [0.15, 0.2) is 0 Å². The van der Waals surface area contributed by atoms with E-state index in [9.17, 15) is 0 Å². The van der Waals surface area contributed by atoms with Crippen LogP contribution in [0.2, 0.25) is 0 Å². The normalized spacial score (nSPS) is 12.9. The third-order valence-corrected chi connectivity index (χ3v) is 3.44. The van der Waals surface area contributed by atoms with Crippen molar-refractivity contribution in [3.63, 3.8) is 0 Å². The van der Waals surface area contributed by atoms with E-state index in [-0.39, 0.29) is 6.10 Å². The molecular weight excluding hydrogens is 246 g/mol. The number of thiophene rings is 1. The molecule has 2 aromatic heterocycles. The summed E-state index contributed by atoms with van der Waals surface area (Å²) in [6.07, 6.45) is 1.18. The second kappa shape index (κ2) is 5.52. The molecule has 0 fully saturated rings. The Bertz CT molecular complexity index is 524. The van der Waals surface area contributed by atoms with Crippen molar-refractivity contribution in [1.82, 2.24) is 9.97 Å². The minimum Gasteiger partial charge on any atom is -0.474 e. The zero-order chi connectivity index (χ0) is 13.1. The molecular formula is C13H19N3OS. The molecule has 1 atom stereocenters. The summed E-state index contributed by atoms with van der Waals surface area (Å²) in [5.41, 5.74) is 0. The topological polar surface area (TPSA) is 47.0 Å². The van der Waals surface area contributed by atoms with Gasteiger partial charge in [0.2, 0.25) is 11.8 Å². The molecule has 18 heavy (non-hydrogen) atoms. The van der Waals surface area contributed by atoms with Gasteiger partial charge in [0.1, 0.15) is 4.83 Å². The first-order valence-electron chi connectivity index (χ1n) is 6.19. The van der Waals surface area contributed by atoms with Crippen LogP contribution in [0, 0.1) is 5.92 Å². The molecule has 1 unspecified atom stereocenters. The molecule has 0 aliphatic rings. The van der Waals surface area contributed by atoms with Gasteiger partial charge in [-0.2, -0.15) is 4.98 Å². The fourth-order valence-electron chi connectivity index (χ4n) is 1.93. The minimum atomic E-state index is 0.160. The van der Waals surface area contributed by atoms with Crippen molar-refractivity contribution in [3.05, 3.63) is 11.4 Å². The first-order valence-corrected chi connectivity index (χ1v) is 7.07. The number of hydrogen-bond acceptors (Lipinski definition) is 5. The molecule has 5 heteroatoms. The molecule has 0 aromatic carbocycles. The van der Waals surface area contributed by atoms with Crippen molar-refractivity contribution >= 4 is 27.5 Å². The van der Waals surface area contributed by atoms with Crippen molar-refractivity contribution in [2.24, 2.45) is 5.92 Å². The molecule has 2 rings (SSSR count). The first kappa shape index (κ1) is 13.1. The molecule has 0 saturated heterocycles. The maximum atomic E-state index is 5.95. The Hall–Kier alpha value is -1.36. The predicted octanol–water partition coefficient (Wildman–Crippen LogP) is 3.55. The Morgan fingerprint density at radius 2 is 2.11 bits per heavy atom. The minimum absolute atomic E-state index is 0.160. The van der Waals surface area contributed by atoms with Crippen LogP contribution >= 0.6 is 11.3 Å². The van der Waals surface area contributed by atoms with E-state index in [1.807, 2.05) is 18.5 Å². The van der Waals surface area contributed by atoms with E-state index in [2.05, 4.69) is 36.1 Å². The van der Waals surface area contributed by atoms with Crippen molar-refractivity contribution < 1.29 is 4.74 Å². The Labute approximate surface area is 111 Å². The van der Waals surface area contributed by atoms with Crippen LogP contribution in [0.1, 0.15) is 27.2 Å². The summed E-state index contributed by atoms with van der Waals surface area (Å²) < 4.78 is 5.95. The van der Waals surface area contributed by atoms with Crippen LogP contribution in [0.15, 0.2) is 11.4 Å². The molecule has 0 aliphatic carbocycles. The second-order valence-corrected chi connectivity index (χ2v) is 5.69. The molecule has 4 nitrogen and oxygen atoms in total. The van der Waals surface area contributed by atoms with Gasteiger partial charge in [0.05, 0.1) is 11.5 Å². The van der Waals surface area contributed by atoms with Crippen molar-refractivity contribution in [2.75, 3.05) is 12.4 Å². The lowest BCUT2D eigenvalue weighted by atomic mass is 10.1. The SMILES string of the molecule is CNc1nc(OC(C)CC(C)C)c2ccsc2n1. The molecule has 0 spiro atoms. The van der Waals surface area contributed by atoms with E-state index in [4.69, 9.17) is 4.74 Å². The largest absolute Gasteiger partial charge is 0.474 e. The van der Waals surface area contributed by atoms with Gasteiger partial charge in [-0.25, -0.2) is 4.98 Å². The van der Waals surface area contributed by atoms with E-state index >= 15 is 0 Å². The summed E-state index contributed by atoms with van der Waals surface area (Å²) in [7, 11) is 1.82. The third kappa shape index (κ3) is 2.90. The summed E-state index contributed by atoms with van der Waals surface area (Å²) in [5, 5.41) is 5.98. The number of nitrogens with zero attached hydrogens (tertiary/aromatic N) is 2. The second-order valence-electron chi connectivity index (χ2n) is 4.80. The zero-order valence-corrected chi connectivity index (χ0v) is 12.0. The van der Waals surface area contributed by atoms with Gasteiger partial charge in [0, 0.05) is 7.05 Å². The summed E-state index contributed by atoms with van der Waals surface area (Å²) in [6.45, 7) is 6.47. The molecule has 0 bridgehead atoms. The summed E-state index contributed by atoms with van der Waals surface area (Å²) in [4.78, 5) is 9.76. The average Bonchev–Trinajstić information content (AvgIpc) is 2.75. The number of nitrogens with one attached hydrogen (secondary N) is 1. The van der Waals surface area contributed by atoms with Crippen LogP contribution in [0.5, 0.6) is 5.88 Å².